The van der Waals surface area contributed by atoms with Crippen LogP contribution >= 0.6 is 0 Å². The van der Waals surface area contributed by atoms with E-state index in [1.807, 2.05) is 32.9 Å². The number of hydrogen-bond acceptors (Lipinski definition) is 3. The zero-order valence-corrected chi connectivity index (χ0v) is 17.5. The zero-order valence-electron chi connectivity index (χ0n) is 16.6. The standard InChI is InChI=1S/C20H27N3O3S/c1-14-7-8-15(2)19(13-14)16(3)21-20(24)17-9-11-18(12-10-17)23(6)27(25,26)22(4)5/h7-13,16H,1-6H3,(H,21,24)/t16-/m0/s1. The Hall–Kier alpha value is -2.38. The monoisotopic (exact) mass is 389 g/mol. The summed E-state index contributed by atoms with van der Waals surface area (Å²) in [6.07, 6.45) is 0. The first-order valence-corrected chi connectivity index (χ1v) is 10.1. The van der Waals surface area contributed by atoms with E-state index in [2.05, 4.69) is 11.4 Å². The largest absolute Gasteiger partial charge is 0.346 e. The van der Waals surface area contributed by atoms with Gasteiger partial charge in [-0.3, -0.25) is 9.10 Å². The molecule has 0 aliphatic heterocycles. The van der Waals surface area contributed by atoms with Crippen molar-refractivity contribution in [2.45, 2.75) is 26.8 Å². The molecule has 0 radical (unpaired) electrons. The van der Waals surface area contributed by atoms with Crippen molar-refractivity contribution in [1.29, 1.82) is 0 Å². The van der Waals surface area contributed by atoms with Gasteiger partial charge in [0, 0.05) is 26.7 Å². The van der Waals surface area contributed by atoms with Gasteiger partial charge in [-0.1, -0.05) is 23.8 Å². The Balaban J connectivity index is 2.15. The summed E-state index contributed by atoms with van der Waals surface area (Å²) >= 11 is 0. The summed E-state index contributed by atoms with van der Waals surface area (Å²) in [6, 6.07) is 12.5. The van der Waals surface area contributed by atoms with Crippen LogP contribution in [0.1, 0.15) is 40.0 Å². The van der Waals surface area contributed by atoms with E-state index >= 15 is 0 Å². The van der Waals surface area contributed by atoms with Gasteiger partial charge in [-0.15, -0.1) is 0 Å². The first-order chi connectivity index (χ1) is 12.5. The summed E-state index contributed by atoms with van der Waals surface area (Å²) < 4.78 is 26.7. The predicted octanol–water partition coefficient (Wildman–Crippen LogP) is 3.04. The molecule has 27 heavy (non-hydrogen) atoms. The van der Waals surface area contributed by atoms with Crippen molar-refractivity contribution >= 4 is 21.8 Å². The predicted molar refractivity (Wildman–Crippen MR) is 109 cm³/mol. The maximum Gasteiger partial charge on any atom is 0.303 e. The van der Waals surface area contributed by atoms with Crippen molar-refractivity contribution in [3.05, 3.63) is 64.7 Å². The van der Waals surface area contributed by atoms with Gasteiger partial charge in [-0.05, 0) is 56.2 Å². The van der Waals surface area contributed by atoms with Crippen LogP contribution in [0, 0.1) is 13.8 Å². The molecule has 146 valence electrons. The maximum absolute atomic E-state index is 12.6. The first kappa shape index (κ1) is 20.9. The second kappa shape index (κ2) is 8.10. The van der Waals surface area contributed by atoms with Crippen LogP contribution in [0.3, 0.4) is 0 Å². The van der Waals surface area contributed by atoms with E-state index in [4.69, 9.17) is 0 Å². The Labute approximate surface area is 162 Å². The zero-order chi connectivity index (χ0) is 20.4. The quantitative estimate of drug-likeness (QED) is 0.826. The number of rotatable bonds is 6. The number of nitrogens with one attached hydrogen (secondary N) is 1. The summed E-state index contributed by atoms with van der Waals surface area (Å²) in [5.74, 6) is -0.201. The van der Waals surface area contributed by atoms with Crippen LogP contribution in [-0.2, 0) is 10.2 Å². The van der Waals surface area contributed by atoms with Gasteiger partial charge in [0.15, 0.2) is 0 Å². The molecule has 0 aromatic heterocycles. The van der Waals surface area contributed by atoms with Crippen molar-refractivity contribution in [1.82, 2.24) is 9.62 Å². The first-order valence-electron chi connectivity index (χ1n) is 8.68. The summed E-state index contributed by atoms with van der Waals surface area (Å²) in [6.45, 7) is 5.99. The third kappa shape index (κ3) is 4.67. The van der Waals surface area contributed by atoms with Crippen molar-refractivity contribution in [2.75, 3.05) is 25.4 Å². The molecular weight excluding hydrogens is 362 g/mol. The molecule has 0 spiro atoms. The number of amides is 1. The fourth-order valence-corrected chi connectivity index (χ4v) is 3.66. The Kier molecular flexibility index (Phi) is 6.28. The smallest absolute Gasteiger partial charge is 0.303 e. The number of carbonyl (C=O) groups excluding carboxylic acids is 1. The highest BCUT2D eigenvalue weighted by Gasteiger charge is 2.21. The third-order valence-corrected chi connectivity index (χ3v) is 6.38. The fourth-order valence-electron chi connectivity index (χ4n) is 2.79. The van der Waals surface area contributed by atoms with Gasteiger partial charge < -0.3 is 5.32 Å². The molecule has 0 aliphatic carbocycles. The van der Waals surface area contributed by atoms with Gasteiger partial charge in [-0.25, -0.2) is 0 Å². The van der Waals surface area contributed by atoms with Gasteiger partial charge in [0.2, 0.25) is 0 Å². The summed E-state index contributed by atoms with van der Waals surface area (Å²) in [5, 5.41) is 3.00. The van der Waals surface area contributed by atoms with Crippen LogP contribution in [-0.4, -0.2) is 39.8 Å². The number of aryl methyl sites for hydroxylation is 2. The van der Waals surface area contributed by atoms with Crippen LogP contribution in [0.5, 0.6) is 0 Å². The topological polar surface area (TPSA) is 69.7 Å². The average molecular weight is 390 g/mol. The van der Waals surface area contributed by atoms with Crippen molar-refractivity contribution in [3.8, 4) is 0 Å². The molecule has 2 aromatic rings. The van der Waals surface area contributed by atoms with Gasteiger partial charge in [-0.2, -0.15) is 12.7 Å². The van der Waals surface area contributed by atoms with E-state index in [-0.39, 0.29) is 11.9 Å². The number of carbonyl (C=O) groups is 1. The minimum Gasteiger partial charge on any atom is -0.346 e. The van der Waals surface area contributed by atoms with Crippen LogP contribution < -0.4 is 9.62 Å². The Morgan fingerprint density at radius 2 is 1.59 bits per heavy atom. The highest BCUT2D eigenvalue weighted by Crippen LogP contribution is 2.21. The highest BCUT2D eigenvalue weighted by atomic mass is 32.2. The molecule has 1 atom stereocenters. The second-order valence-corrected chi connectivity index (χ2v) is 9.03. The minimum atomic E-state index is -3.56. The molecule has 1 amide bonds. The lowest BCUT2D eigenvalue weighted by molar-refractivity contribution is 0.0940. The molecule has 7 heteroatoms. The lowest BCUT2D eigenvalue weighted by Gasteiger charge is -2.23. The van der Waals surface area contributed by atoms with Crippen molar-refractivity contribution < 1.29 is 13.2 Å². The minimum absolute atomic E-state index is 0.131. The normalized spacial score (nSPS) is 12.7. The SMILES string of the molecule is Cc1ccc(C)c([C@H](C)NC(=O)c2ccc(N(C)S(=O)(=O)N(C)C)cc2)c1. The van der Waals surface area contributed by atoms with Gasteiger partial charge in [0.1, 0.15) is 0 Å². The number of benzene rings is 2. The summed E-state index contributed by atoms with van der Waals surface area (Å²) in [4.78, 5) is 12.6. The van der Waals surface area contributed by atoms with Crippen molar-refractivity contribution in [2.24, 2.45) is 0 Å². The molecule has 1 N–H and O–H groups in total. The molecule has 0 unspecified atom stereocenters. The van der Waals surface area contributed by atoms with E-state index in [0.717, 1.165) is 21.0 Å². The number of nitrogens with zero attached hydrogens (tertiary/aromatic N) is 2. The van der Waals surface area contributed by atoms with Crippen LogP contribution in [0.4, 0.5) is 5.69 Å². The van der Waals surface area contributed by atoms with E-state index in [0.29, 0.717) is 11.3 Å². The Bertz CT molecular complexity index is 922. The maximum atomic E-state index is 12.6. The molecule has 2 rings (SSSR count). The fraction of sp³-hybridized carbons (Fsp3) is 0.350. The molecular formula is C20H27N3O3S. The van der Waals surface area contributed by atoms with E-state index in [1.54, 1.807) is 24.3 Å². The lowest BCUT2D eigenvalue weighted by Crippen LogP contribution is -2.37. The number of anilines is 1. The average Bonchev–Trinajstić information content (AvgIpc) is 2.62. The summed E-state index contributed by atoms with van der Waals surface area (Å²) in [5.41, 5.74) is 4.32. The molecule has 6 nitrogen and oxygen atoms in total. The molecule has 0 heterocycles. The highest BCUT2D eigenvalue weighted by molar-refractivity contribution is 7.90. The molecule has 2 aromatic carbocycles. The van der Waals surface area contributed by atoms with Crippen LogP contribution in [0.15, 0.2) is 42.5 Å². The molecule has 0 saturated carbocycles. The van der Waals surface area contributed by atoms with E-state index < -0.39 is 10.2 Å². The van der Waals surface area contributed by atoms with Crippen LogP contribution in [0.25, 0.3) is 0 Å². The van der Waals surface area contributed by atoms with Gasteiger partial charge >= 0.3 is 10.2 Å². The Morgan fingerprint density at radius 3 is 2.15 bits per heavy atom. The van der Waals surface area contributed by atoms with Gasteiger partial charge in [0.05, 0.1) is 11.7 Å². The molecule has 0 bridgehead atoms. The number of hydrogen-bond donors (Lipinski definition) is 1. The van der Waals surface area contributed by atoms with Crippen LogP contribution in [0.2, 0.25) is 0 Å². The molecule has 0 saturated heterocycles. The van der Waals surface area contributed by atoms with Gasteiger partial charge in [0.25, 0.3) is 5.91 Å². The molecule has 0 aliphatic rings. The Morgan fingerprint density at radius 1 is 1.00 bits per heavy atom. The van der Waals surface area contributed by atoms with E-state index in [9.17, 15) is 13.2 Å². The third-order valence-electron chi connectivity index (χ3n) is 4.55. The molecule has 0 fully saturated rings. The summed E-state index contributed by atoms with van der Waals surface area (Å²) in [7, 11) is 0.867. The second-order valence-electron chi connectivity index (χ2n) is 6.86. The lowest BCUT2D eigenvalue weighted by atomic mass is 9.99. The van der Waals surface area contributed by atoms with E-state index in [1.165, 1.54) is 25.4 Å². The van der Waals surface area contributed by atoms with Crippen molar-refractivity contribution in [3.63, 3.8) is 0 Å².